The van der Waals surface area contributed by atoms with Gasteiger partial charge in [-0.15, -0.1) is 0 Å². The van der Waals surface area contributed by atoms with Crippen LogP contribution in [0.4, 0.5) is 4.79 Å². The fourth-order valence-electron chi connectivity index (χ4n) is 2.18. The van der Waals surface area contributed by atoms with Crippen LogP contribution < -0.4 is 15.5 Å². The van der Waals surface area contributed by atoms with Crippen LogP contribution in [-0.2, 0) is 4.79 Å². The summed E-state index contributed by atoms with van der Waals surface area (Å²) in [5, 5.41) is 5.11. The monoisotopic (exact) mass is 256 g/mol. The summed E-state index contributed by atoms with van der Waals surface area (Å²) in [5.74, 6) is -0.186. The van der Waals surface area contributed by atoms with Crippen molar-refractivity contribution in [1.82, 2.24) is 10.6 Å². The molecule has 5 nitrogen and oxygen atoms in total. The van der Waals surface area contributed by atoms with Gasteiger partial charge in [0.25, 0.3) is 5.91 Å². The van der Waals surface area contributed by atoms with Crippen LogP contribution in [0.25, 0.3) is 0 Å². The Balaban J connectivity index is 2.29. The number of carbonyl (C=O) groups excluding carboxylic acids is 2. The largest absolute Gasteiger partial charge is 0.333 e. The summed E-state index contributed by atoms with van der Waals surface area (Å²) in [6.07, 6.45) is 4.87. The molecule has 0 spiro atoms. The Bertz CT molecular complexity index is 289. The second-order valence-corrected chi connectivity index (χ2v) is 6.09. The summed E-state index contributed by atoms with van der Waals surface area (Å²) >= 11 is 0. The van der Waals surface area contributed by atoms with Crippen molar-refractivity contribution < 1.29 is 14.5 Å². The third-order valence-corrected chi connectivity index (χ3v) is 2.96. The van der Waals surface area contributed by atoms with Crippen LogP contribution >= 0.6 is 0 Å². The van der Waals surface area contributed by atoms with Gasteiger partial charge >= 0.3 is 6.03 Å². The number of rotatable bonds is 2. The predicted molar refractivity (Wildman–Crippen MR) is 70.5 cm³/mol. The van der Waals surface area contributed by atoms with E-state index < -0.39 is 6.03 Å². The van der Waals surface area contributed by atoms with Crippen LogP contribution in [0, 0.1) is 0 Å². The quantitative estimate of drug-likeness (QED) is 0.655. The van der Waals surface area contributed by atoms with Crippen molar-refractivity contribution in [2.24, 2.45) is 0 Å². The molecule has 5 heteroatoms. The highest BCUT2D eigenvalue weighted by Crippen LogP contribution is 1.99. The molecule has 0 radical (unpaired) electrons. The van der Waals surface area contributed by atoms with E-state index in [1.54, 1.807) is 0 Å². The van der Waals surface area contributed by atoms with Gasteiger partial charge in [-0.05, 0) is 46.5 Å². The van der Waals surface area contributed by atoms with E-state index in [-0.39, 0.29) is 11.4 Å². The van der Waals surface area contributed by atoms with E-state index in [4.69, 9.17) is 0 Å². The molecule has 3 N–H and O–H groups in total. The molecular weight excluding hydrogens is 230 g/mol. The van der Waals surface area contributed by atoms with Gasteiger partial charge in [0, 0.05) is 5.54 Å². The summed E-state index contributed by atoms with van der Waals surface area (Å²) < 4.78 is 0. The minimum atomic E-state index is -0.401. The second-order valence-electron chi connectivity index (χ2n) is 6.09. The van der Waals surface area contributed by atoms with Crippen molar-refractivity contribution in [2.45, 2.75) is 52.0 Å². The first-order valence-corrected chi connectivity index (χ1v) is 6.82. The molecule has 104 valence electrons. The minimum Gasteiger partial charge on any atom is -0.333 e. The van der Waals surface area contributed by atoms with Crippen LogP contribution in [0.1, 0.15) is 46.5 Å². The first-order chi connectivity index (χ1) is 8.37. The molecule has 1 fully saturated rings. The van der Waals surface area contributed by atoms with Crippen LogP contribution in [-0.4, -0.2) is 37.1 Å². The van der Waals surface area contributed by atoms with Crippen molar-refractivity contribution in [3.8, 4) is 0 Å². The highest BCUT2D eigenvalue weighted by Gasteiger charge is 2.19. The Morgan fingerprint density at radius 2 is 1.61 bits per heavy atom. The van der Waals surface area contributed by atoms with Crippen molar-refractivity contribution in [3.63, 3.8) is 0 Å². The number of hydrogen-bond acceptors (Lipinski definition) is 2. The third-order valence-electron chi connectivity index (χ3n) is 2.96. The van der Waals surface area contributed by atoms with Gasteiger partial charge in [-0.25, -0.2) is 4.79 Å². The molecule has 1 aliphatic rings. The fourth-order valence-corrected chi connectivity index (χ4v) is 2.18. The van der Waals surface area contributed by atoms with Crippen LogP contribution in [0.5, 0.6) is 0 Å². The number of urea groups is 1. The zero-order valence-electron chi connectivity index (χ0n) is 11.8. The summed E-state index contributed by atoms with van der Waals surface area (Å²) in [6.45, 7) is 8.13. The van der Waals surface area contributed by atoms with Crippen LogP contribution in [0.3, 0.4) is 0 Å². The maximum absolute atomic E-state index is 11.7. The van der Waals surface area contributed by atoms with Gasteiger partial charge in [-0.3, -0.25) is 10.1 Å². The Morgan fingerprint density at radius 3 is 2.11 bits per heavy atom. The normalized spacial score (nSPS) is 17.9. The molecule has 0 unspecified atom stereocenters. The summed E-state index contributed by atoms with van der Waals surface area (Å²) in [5.41, 5.74) is -0.320. The molecule has 1 aliphatic heterocycles. The van der Waals surface area contributed by atoms with E-state index in [1.807, 2.05) is 20.8 Å². The molecule has 1 rings (SSSR count). The number of carbonyl (C=O) groups is 2. The highest BCUT2D eigenvalue weighted by molar-refractivity contribution is 5.94. The van der Waals surface area contributed by atoms with E-state index >= 15 is 0 Å². The lowest BCUT2D eigenvalue weighted by molar-refractivity contribution is -0.891. The molecular formula is C13H26N3O2+. The fraction of sp³-hybridized carbons (Fsp3) is 0.846. The predicted octanol–water partition coefficient (Wildman–Crippen LogP) is 0.0696. The second kappa shape index (κ2) is 6.73. The number of nitrogens with one attached hydrogen (secondary N) is 3. The highest BCUT2D eigenvalue weighted by atomic mass is 16.2. The van der Waals surface area contributed by atoms with Crippen molar-refractivity contribution in [2.75, 3.05) is 19.6 Å². The van der Waals surface area contributed by atoms with E-state index in [0.29, 0.717) is 6.54 Å². The SMILES string of the molecule is CC(C)(C)NC(=O)NC(=O)C[NH+]1CCCCCC1. The summed E-state index contributed by atoms with van der Waals surface area (Å²) in [4.78, 5) is 24.5. The number of quaternary nitrogens is 1. The molecule has 18 heavy (non-hydrogen) atoms. The molecule has 0 bridgehead atoms. The number of likely N-dealkylation sites (tertiary alicyclic amines) is 1. The molecule has 3 amide bonds. The lowest BCUT2D eigenvalue weighted by atomic mass is 10.1. The van der Waals surface area contributed by atoms with Gasteiger partial charge in [0.2, 0.25) is 0 Å². The zero-order valence-corrected chi connectivity index (χ0v) is 11.8. The lowest BCUT2D eigenvalue weighted by Gasteiger charge is -2.21. The zero-order chi connectivity index (χ0) is 13.6. The third kappa shape index (κ3) is 6.59. The standard InChI is InChI=1S/C13H25N3O2/c1-13(2,3)15-12(18)14-11(17)10-16-8-6-4-5-7-9-16/h4-10H2,1-3H3,(H2,14,15,17,18)/p+1. The van der Waals surface area contributed by atoms with E-state index in [2.05, 4.69) is 10.6 Å². The minimum absolute atomic E-state index is 0.186. The van der Waals surface area contributed by atoms with Gasteiger partial charge in [0.1, 0.15) is 0 Å². The van der Waals surface area contributed by atoms with Gasteiger partial charge in [-0.2, -0.15) is 0 Å². The van der Waals surface area contributed by atoms with E-state index in [0.717, 1.165) is 13.1 Å². The van der Waals surface area contributed by atoms with Crippen LogP contribution in [0.2, 0.25) is 0 Å². The number of imide groups is 1. The average molecular weight is 256 g/mol. The molecule has 0 aromatic heterocycles. The van der Waals surface area contributed by atoms with Gasteiger partial charge in [0.15, 0.2) is 6.54 Å². The Morgan fingerprint density at radius 1 is 1.06 bits per heavy atom. The van der Waals surface area contributed by atoms with Gasteiger partial charge in [0.05, 0.1) is 13.1 Å². The maximum atomic E-state index is 11.7. The molecule has 0 aliphatic carbocycles. The van der Waals surface area contributed by atoms with Crippen molar-refractivity contribution in [1.29, 1.82) is 0 Å². The average Bonchev–Trinajstić information content (AvgIpc) is 2.42. The molecule has 0 atom stereocenters. The smallest absolute Gasteiger partial charge is 0.322 e. The van der Waals surface area contributed by atoms with Crippen LogP contribution in [0.15, 0.2) is 0 Å². The summed E-state index contributed by atoms with van der Waals surface area (Å²) in [7, 11) is 0. The van der Waals surface area contributed by atoms with E-state index in [1.165, 1.54) is 30.6 Å². The molecule has 0 aromatic carbocycles. The first-order valence-electron chi connectivity index (χ1n) is 6.82. The molecule has 1 heterocycles. The van der Waals surface area contributed by atoms with Crippen molar-refractivity contribution in [3.05, 3.63) is 0 Å². The maximum Gasteiger partial charge on any atom is 0.322 e. The molecule has 1 saturated heterocycles. The Hall–Kier alpha value is -1.10. The van der Waals surface area contributed by atoms with E-state index in [9.17, 15) is 9.59 Å². The Kier molecular flexibility index (Phi) is 5.59. The number of hydrogen-bond donors (Lipinski definition) is 3. The Labute approximate surface area is 109 Å². The number of amides is 3. The lowest BCUT2D eigenvalue weighted by Crippen LogP contribution is -3.13. The topological polar surface area (TPSA) is 62.6 Å². The van der Waals surface area contributed by atoms with Crippen molar-refractivity contribution >= 4 is 11.9 Å². The molecule has 0 saturated carbocycles. The van der Waals surface area contributed by atoms with Gasteiger partial charge in [-0.1, -0.05) is 0 Å². The molecule has 0 aromatic rings. The first kappa shape index (κ1) is 15.0. The summed E-state index contributed by atoms with van der Waals surface area (Å²) in [6, 6.07) is -0.401. The van der Waals surface area contributed by atoms with Gasteiger partial charge < -0.3 is 10.2 Å².